The number of carbonyl (C=O) groups excluding carboxylic acids is 2. The van der Waals surface area contributed by atoms with Crippen molar-refractivity contribution in [2.75, 3.05) is 39.9 Å². The van der Waals surface area contributed by atoms with Gasteiger partial charge in [0.15, 0.2) is 0 Å². The highest BCUT2D eigenvalue weighted by molar-refractivity contribution is 5.87. The Morgan fingerprint density at radius 3 is 2.47 bits per heavy atom. The van der Waals surface area contributed by atoms with Crippen molar-refractivity contribution in [3.63, 3.8) is 0 Å². The first-order chi connectivity index (χ1) is 8.91. The molecule has 1 unspecified atom stereocenters. The topological polar surface area (TPSA) is 99.2 Å². The molecule has 0 saturated carbocycles. The molecule has 0 radical (unpaired) electrons. The van der Waals surface area contributed by atoms with E-state index in [0.717, 1.165) is 4.90 Å². The number of aliphatic carboxylic acids is 1. The van der Waals surface area contributed by atoms with Gasteiger partial charge in [-0.3, -0.25) is 9.59 Å². The summed E-state index contributed by atoms with van der Waals surface area (Å²) in [6.07, 6.45) is 0. The van der Waals surface area contributed by atoms with Crippen LogP contribution < -0.4 is 5.32 Å². The Balaban J connectivity index is 2.44. The zero-order valence-electron chi connectivity index (χ0n) is 11.1. The summed E-state index contributed by atoms with van der Waals surface area (Å²) in [5.74, 6) is -1.30. The van der Waals surface area contributed by atoms with Gasteiger partial charge in [-0.25, -0.2) is 4.79 Å². The van der Waals surface area contributed by atoms with Crippen LogP contribution in [0.5, 0.6) is 0 Å². The van der Waals surface area contributed by atoms with Gasteiger partial charge in [-0.2, -0.15) is 0 Å². The van der Waals surface area contributed by atoms with E-state index in [-0.39, 0.29) is 5.91 Å². The van der Waals surface area contributed by atoms with Gasteiger partial charge in [-0.1, -0.05) is 0 Å². The highest BCUT2D eigenvalue weighted by atomic mass is 16.5. The summed E-state index contributed by atoms with van der Waals surface area (Å²) in [7, 11) is 1.36. The van der Waals surface area contributed by atoms with Gasteiger partial charge < -0.3 is 25.0 Å². The molecule has 0 aromatic rings. The number of likely N-dealkylation sites (N-methyl/N-ethyl adjacent to an activating group) is 1. The zero-order valence-corrected chi connectivity index (χ0v) is 11.1. The van der Waals surface area contributed by atoms with E-state index in [0.29, 0.717) is 26.3 Å². The summed E-state index contributed by atoms with van der Waals surface area (Å²) in [6, 6.07) is -1.28. The predicted octanol–water partition coefficient (Wildman–Crippen LogP) is -1.04. The normalized spacial score (nSPS) is 16.6. The summed E-state index contributed by atoms with van der Waals surface area (Å²) >= 11 is 0. The summed E-state index contributed by atoms with van der Waals surface area (Å²) < 4.78 is 5.14. The van der Waals surface area contributed by atoms with Gasteiger partial charge in [0.2, 0.25) is 5.91 Å². The molecule has 0 bridgehead atoms. The smallest absolute Gasteiger partial charge is 0.323 e. The van der Waals surface area contributed by atoms with Crippen molar-refractivity contribution in [3.05, 3.63) is 0 Å². The maximum atomic E-state index is 12.0. The van der Waals surface area contributed by atoms with Crippen LogP contribution in [0.3, 0.4) is 0 Å². The molecule has 108 valence electrons. The van der Waals surface area contributed by atoms with Crippen LogP contribution in [0, 0.1) is 0 Å². The number of hydrogen-bond acceptors (Lipinski definition) is 4. The van der Waals surface area contributed by atoms with Crippen LogP contribution in [-0.4, -0.2) is 78.8 Å². The van der Waals surface area contributed by atoms with Gasteiger partial charge in [-0.05, 0) is 6.92 Å². The van der Waals surface area contributed by atoms with E-state index in [2.05, 4.69) is 5.32 Å². The van der Waals surface area contributed by atoms with Crippen molar-refractivity contribution < 1.29 is 24.2 Å². The zero-order chi connectivity index (χ0) is 14.4. The van der Waals surface area contributed by atoms with Crippen molar-refractivity contribution in [2.45, 2.75) is 13.0 Å². The molecule has 1 fully saturated rings. The molecule has 0 aliphatic carbocycles. The van der Waals surface area contributed by atoms with E-state index in [1.807, 2.05) is 0 Å². The second-order valence-corrected chi connectivity index (χ2v) is 4.36. The van der Waals surface area contributed by atoms with E-state index in [4.69, 9.17) is 9.84 Å². The number of carbonyl (C=O) groups is 3. The second kappa shape index (κ2) is 6.93. The first-order valence-corrected chi connectivity index (χ1v) is 6.01. The minimum Gasteiger partial charge on any atom is -0.480 e. The molecule has 0 aromatic carbocycles. The number of carboxylic acid groups (broad SMARTS) is 1. The van der Waals surface area contributed by atoms with Gasteiger partial charge in [0, 0.05) is 20.1 Å². The van der Waals surface area contributed by atoms with Gasteiger partial charge in [0.05, 0.1) is 13.2 Å². The van der Waals surface area contributed by atoms with Crippen LogP contribution in [0.2, 0.25) is 0 Å². The average molecular weight is 273 g/mol. The van der Waals surface area contributed by atoms with E-state index in [9.17, 15) is 14.4 Å². The monoisotopic (exact) mass is 273 g/mol. The van der Waals surface area contributed by atoms with Crippen LogP contribution in [0.1, 0.15) is 6.92 Å². The van der Waals surface area contributed by atoms with Gasteiger partial charge in [-0.15, -0.1) is 0 Å². The third-order valence-corrected chi connectivity index (χ3v) is 2.75. The Morgan fingerprint density at radius 2 is 1.95 bits per heavy atom. The molecular weight excluding hydrogens is 254 g/mol. The first-order valence-electron chi connectivity index (χ1n) is 6.01. The Bertz CT molecular complexity index is 354. The average Bonchev–Trinajstić information content (AvgIpc) is 2.37. The standard InChI is InChI=1S/C11H19N3O5/c1-8(10(17)14-3-5-19-6-4-14)12-11(18)13(2)7-9(15)16/h8H,3-7H2,1-2H3,(H,12,18)(H,15,16). The predicted molar refractivity (Wildman–Crippen MR) is 65.7 cm³/mol. The number of morpholine rings is 1. The fraction of sp³-hybridized carbons (Fsp3) is 0.727. The Hall–Kier alpha value is -1.83. The number of hydrogen-bond donors (Lipinski definition) is 2. The van der Waals surface area contributed by atoms with Crippen LogP contribution >= 0.6 is 0 Å². The lowest BCUT2D eigenvalue weighted by Gasteiger charge is -2.30. The number of amides is 3. The lowest BCUT2D eigenvalue weighted by molar-refractivity contribution is -0.137. The number of ether oxygens (including phenoxy) is 1. The summed E-state index contributed by atoms with van der Waals surface area (Å²) in [5.41, 5.74) is 0. The molecule has 1 rings (SSSR count). The molecule has 19 heavy (non-hydrogen) atoms. The van der Waals surface area contributed by atoms with Crippen LogP contribution in [0.25, 0.3) is 0 Å². The van der Waals surface area contributed by atoms with Crippen molar-refractivity contribution in [1.29, 1.82) is 0 Å². The number of rotatable bonds is 4. The first kappa shape index (κ1) is 15.2. The van der Waals surface area contributed by atoms with E-state index < -0.39 is 24.6 Å². The number of nitrogens with one attached hydrogen (secondary N) is 1. The van der Waals surface area contributed by atoms with Crippen LogP contribution in [0.15, 0.2) is 0 Å². The third kappa shape index (κ3) is 4.74. The van der Waals surface area contributed by atoms with Gasteiger partial charge in [0.1, 0.15) is 12.6 Å². The van der Waals surface area contributed by atoms with E-state index >= 15 is 0 Å². The van der Waals surface area contributed by atoms with E-state index in [1.165, 1.54) is 7.05 Å². The highest BCUT2D eigenvalue weighted by Gasteiger charge is 2.24. The molecule has 0 aromatic heterocycles. The lowest BCUT2D eigenvalue weighted by atomic mass is 10.2. The SMILES string of the molecule is CC(NC(=O)N(C)CC(=O)O)C(=O)N1CCOCC1. The number of carboxylic acids is 1. The lowest BCUT2D eigenvalue weighted by Crippen LogP contribution is -2.53. The van der Waals surface area contributed by atoms with Gasteiger partial charge in [0.25, 0.3) is 0 Å². The molecule has 8 nitrogen and oxygen atoms in total. The Morgan fingerprint density at radius 1 is 1.37 bits per heavy atom. The number of urea groups is 1. The maximum Gasteiger partial charge on any atom is 0.323 e. The van der Waals surface area contributed by atoms with Crippen molar-refractivity contribution >= 4 is 17.9 Å². The molecule has 0 spiro atoms. The van der Waals surface area contributed by atoms with Gasteiger partial charge >= 0.3 is 12.0 Å². The Kier molecular flexibility index (Phi) is 5.56. The van der Waals surface area contributed by atoms with Crippen molar-refractivity contribution in [2.24, 2.45) is 0 Å². The van der Waals surface area contributed by atoms with Crippen molar-refractivity contribution in [1.82, 2.24) is 15.1 Å². The van der Waals surface area contributed by atoms with E-state index in [1.54, 1.807) is 11.8 Å². The molecule has 1 saturated heterocycles. The molecular formula is C11H19N3O5. The summed E-state index contributed by atoms with van der Waals surface area (Å²) in [6.45, 7) is 3.15. The van der Waals surface area contributed by atoms with Crippen LogP contribution in [-0.2, 0) is 14.3 Å². The Labute approximate surface area is 111 Å². The minimum absolute atomic E-state index is 0.194. The molecule has 1 heterocycles. The molecule has 2 N–H and O–H groups in total. The minimum atomic E-state index is -1.11. The third-order valence-electron chi connectivity index (χ3n) is 2.75. The maximum absolute atomic E-state index is 12.0. The fourth-order valence-corrected chi connectivity index (χ4v) is 1.69. The molecule has 8 heteroatoms. The molecule has 3 amide bonds. The quantitative estimate of drug-likeness (QED) is 0.681. The second-order valence-electron chi connectivity index (χ2n) is 4.36. The molecule has 1 aliphatic rings. The highest BCUT2D eigenvalue weighted by Crippen LogP contribution is 2.01. The number of nitrogens with zero attached hydrogens (tertiary/aromatic N) is 2. The molecule has 1 atom stereocenters. The summed E-state index contributed by atoms with van der Waals surface area (Å²) in [4.78, 5) is 36.7. The fourth-order valence-electron chi connectivity index (χ4n) is 1.69. The molecule has 1 aliphatic heterocycles. The van der Waals surface area contributed by atoms with Crippen molar-refractivity contribution in [3.8, 4) is 0 Å². The summed E-state index contributed by atoms with van der Waals surface area (Å²) in [5, 5.41) is 11.0. The largest absolute Gasteiger partial charge is 0.480 e. The van der Waals surface area contributed by atoms with Crippen LogP contribution in [0.4, 0.5) is 4.79 Å².